The van der Waals surface area contributed by atoms with Gasteiger partial charge in [0.25, 0.3) is 0 Å². The van der Waals surface area contributed by atoms with Crippen LogP contribution in [0.3, 0.4) is 0 Å². The molecule has 1 atom stereocenters. The van der Waals surface area contributed by atoms with Gasteiger partial charge >= 0.3 is 6.18 Å². The standard InChI is InChI=1S/C20H21F3N6O/c21-20(22,23)13-4-5-15(29-10-9-24-14(11-29)19(30)6-2-7-19)26-17(13)16-12-3-1-8-25-18(12)28-27-16/h1,3-5,8,14,24,30H,2,6-7,9-11H2,(H,25,27,28). The van der Waals surface area contributed by atoms with E-state index in [1.54, 1.807) is 18.3 Å². The molecule has 2 aliphatic rings. The summed E-state index contributed by atoms with van der Waals surface area (Å²) in [5, 5.41) is 21.3. The largest absolute Gasteiger partial charge is 0.418 e. The maximum atomic E-state index is 13.7. The molecule has 5 rings (SSSR count). The minimum atomic E-state index is -4.57. The van der Waals surface area contributed by atoms with Gasteiger partial charge in [0.2, 0.25) is 0 Å². The summed E-state index contributed by atoms with van der Waals surface area (Å²) in [5.74, 6) is 0.437. The van der Waals surface area contributed by atoms with Crippen molar-refractivity contribution in [1.82, 2.24) is 25.5 Å². The normalized spacial score (nSPS) is 21.6. The number of aromatic amines is 1. The molecule has 0 bridgehead atoms. The van der Waals surface area contributed by atoms with E-state index in [1.807, 2.05) is 4.90 Å². The molecule has 3 aromatic rings. The lowest BCUT2D eigenvalue weighted by molar-refractivity contribution is -0.137. The molecule has 1 aliphatic heterocycles. The lowest BCUT2D eigenvalue weighted by atomic mass is 9.74. The molecule has 0 radical (unpaired) electrons. The molecule has 1 saturated heterocycles. The average molecular weight is 418 g/mol. The Labute approximate surface area is 170 Å². The summed E-state index contributed by atoms with van der Waals surface area (Å²) < 4.78 is 41.2. The van der Waals surface area contributed by atoms with Gasteiger partial charge in [-0.3, -0.25) is 5.10 Å². The Morgan fingerprint density at radius 3 is 2.73 bits per heavy atom. The molecule has 1 unspecified atom stereocenters. The van der Waals surface area contributed by atoms with Crippen molar-refractivity contribution in [2.45, 2.75) is 37.1 Å². The van der Waals surface area contributed by atoms with Gasteiger partial charge in [-0.25, -0.2) is 9.97 Å². The van der Waals surface area contributed by atoms with Gasteiger partial charge in [0.05, 0.1) is 17.2 Å². The highest BCUT2D eigenvalue weighted by atomic mass is 19.4. The molecule has 0 amide bonds. The third kappa shape index (κ3) is 3.20. The van der Waals surface area contributed by atoms with Gasteiger partial charge < -0.3 is 15.3 Å². The summed E-state index contributed by atoms with van der Waals surface area (Å²) >= 11 is 0. The first kappa shape index (κ1) is 19.3. The summed E-state index contributed by atoms with van der Waals surface area (Å²) in [6.45, 7) is 1.70. The Balaban J connectivity index is 1.55. The first-order valence-corrected chi connectivity index (χ1v) is 9.94. The van der Waals surface area contributed by atoms with Crippen molar-refractivity contribution in [3.63, 3.8) is 0 Å². The van der Waals surface area contributed by atoms with Crippen molar-refractivity contribution >= 4 is 16.9 Å². The number of pyridine rings is 2. The van der Waals surface area contributed by atoms with Crippen LogP contribution >= 0.6 is 0 Å². The van der Waals surface area contributed by atoms with Crippen LogP contribution in [0.1, 0.15) is 24.8 Å². The van der Waals surface area contributed by atoms with Crippen molar-refractivity contribution < 1.29 is 18.3 Å². The predicted molar refractivity (Wildman–Crippen MR) is 105 cm³/mol. The summed E-state index contributed by atoms with van der Waals surface area (Å²) in [4.78, 5) is 10.4. The number of fused-ring (bicyclic) bond motifs is 1. The molecular formula is C20H21F3N6O. The Morgan fingerprint density at radius 2 is 2.00 bits per heavy atom. The number of aromatic nitrogens is 4. The molecular weight excluding hydrogens is 397 g/mol. The van der Waals surface area contributed by atoms with Crippen LogP contribution in [0.25, 0.3) is 22.4 Å². The number of alkyl halides is 3. The second-order valence-corrected chi connectivity index (χ2v) is 7.95. The summed E-state index contributed by atoms with van der Waals surface area (Å²) in [6.07, 6.45) is -0.573. The maximum Gasteiger partial charge on any atom is 0.418 e. The van der Waals surface area contributed by atoms with E-state index in [-0.39, 0.29) is 17.4 Å². The summed E-state index contributed by atoms with van der Waals surface area (Å²) in [6, 6.07) is 5.64. The Kier molecular flexibility index (Phi) is 4.44. The third-order valence-electron chi connectivity index (χ3n) is 6.11. The molecule has 30 heavy (non-hydrogen) atoms. The number of anilines is 1. The van der Waals surface area contributed by atoms with E-state index < -0.39 is 17.3 Å². The lowest BCUT2D eigenvalue weighted by Crippen LogP contribution is -2.64. The smallest absolute Gasteiger partial charge is 0.388 e. The topological polar surface area (TPSA) is 90.0 Å². The number of hydrogen-bond donors (Lipinski definition) is 3. The molecule has 7 nitrogen and oxygen atoms in total. The van der Waals surface area contributed by atoms with Crippen molar-refractivity contribution in [3.8, 4) is 11.4 Å². The molecule has 3 aromatic heterocycles. The number of piperazine rings is 1. The first-order valence-electron chi connectivity index (χ1n) is 9.94. The maximum absolute atomic E-state index is 13.7. The van der Waals surface area contributed by atoms with Gasteiger partial charge in [0, 0.05) is 31.2 Å². The second kappa shape index (κ2) is 6.92. The van der Waals surface area contributed by atoms with E-state index >= 15 is 0 Å². The zero-order valence-corrected chi connectivity index (χ0v) is 16.1. The van der Waals surface area contributed by atoms with Crippen LogP contribution in [0.2, 0.25) is 0 Å². The van der Waals surface area contributed by atoms with Crippen LogP contribution in [0.15, 0.2) is 30.5 Å². The molecule has 4 heterocycles. The zero-order chi connectivity index (χ0) is 20.9. The van der Waals surface area contributed by atoms with Gasteiger partial charge in [0.1, 0.15) is 17.2 Å². The summed E-state index contributed by atoms with van der Waals surface area (Å²) in [7, 11) is 0. The van der Waals surface area contributed by atoms with E-state index in [2.05, 4.69) is 25.5 Å². The van der Waals surface area contributed by atoms with Gasteiger partial charge in [0.15, 0.2) is 5.65 Å². The van der Waals surface area contributed by atoms with Crippen LogP contribution in [-0.2, 0) is 6.18 Å². The quantitative estimate of drug-likeness (QED) is 0.606. The van der Waals surface area contributed by atoms with Crippen LogP contribution in [0, 0.1) is 0 Å². The number of H-pyrrole nitrogens is 1. The Morgan fingerprint density at radius 1 is 1.17 bits per heavy atom. The molecule has 2 fully saturated rings. The molecule has 1 aliphatic carbocycles. The van der Waals surface area contributed by atoms with Crippen LogP contribution in [0.5, 0.6) is 0 Å². The highest BCUT2D eigenvalue weighted by Gasteiger charge is 2.44. The molecule has 3 N–H and O–H groups in total. The van der Waals surface area contributed by atoms with Crippen LogP contribution in [-0.4, -0.2) is 56.5 Å². The van der Waals surface area contributed by atoms with Gasteiger partial charge in [-0.05, 0) is 43.5 Å². The van der Waals surface area contributed by atoms with E-state index in [1.165, 1.54) is 6.07 Å². The first-order chi connectivity index (χ1) is 14.4. The summed E-state index contributed by atoms with van der Waals surface area (Å²) in [5.41, 5.74) is -1.29. The zero-order valence-electron chi connectivity index (χ0n) is 16.1. The fourth-order valence-corrected chi connectivity index (χ4v) is 4.27. The van der Waals surface area contributed by atoms with E-state index in [9.17, 15) is 18.3 Å². The SMILES string of the molecule is OC1(C2CN(c3ccc(C(F)(F)F)c(-c4n[nH]c5ncccc45)n3)CCN2)CCC1. The van der Waals surface area contributed by atoms with E-state index in [0.29, 0.717) is 36.5 Å². The Bertz CT molecular complexity index is 1080. The molecule has 1 saturated carbocycles. The number of aliphatic hydroxyl groups is 1. The highest BCUT2D eigenvalue weighted by molar-refractivity contribution is 5.90. The number of rotatable bonds is 3. The number of nitrogens with zero attached hydrogens (tertiary/aromatic N) is 4. The van der Waals surface area contributed by atoms with Gasteiger partial charge in [-0.2, -0.15) is 18.3 Å². The van der Waals surface area contributed by atoms with E-state index in [0.717, 1.165) is 25.3 Å². The van der Waals surface area contributed by atoms with Gasteiger partial charge in [-0.1, -0.05) is 0 Å². The average Bonchev–Trinajstić information content (AvgIpc) is 3.15. The van der Waals surface area contributed by atoms with Gasteiger partial charge in [-0.15, -0.1) is 0 Å². The van der Waals surface area contributed by atoms with E-state index in [4.69, 9.17) is 0 Å². The lowest BCUT2D eigenvalue weighted by Gasteiger charge is -2.48. The minimum Gasteiger partial charge on any atom is -0.388 e. The number of hydrogen-bond acceptors (Lipinski definition) is 6. The number of halogens is 3. The third-order valence-corrected chi connectivity index (χ3v) is 6.11. The molecule has 0 spiro atoms. The molecule has 10 heteroatoms. The fourth-order valence-electron chi connectivity index (χ4n) is 4.27. The van der Waals surface area contributed by atoms with Crippen molar-refractivity contribution in [2.75, 3.05) is 24.5 Å². The van der Waals surface area contributed by atoms with Crippen LogP contribution in [0.4, 0.5) is 19.0 Å². The second-order valence-electron chi connectivity index (χ2n) is 7.95. The molecule has 158 valence electrons. The van der Waals surface area contributed by atoms with Crippen molar-refractivity contribution in [1.29, 1.82) is 0 Å². The number of nitrogens with one attached hydrogen (secondary N) is 2. The highest BCUT2D eigenvalue weighted by Crippen LogP contribution is 2.39. The Hall–Kier alpha value is -2.72. The predicted octanol–water partition coefficient (Wildman–Crippen LogP) is 2.73. The van der Waals surface area contributed by atoms with Crippen LogP contribution < -0.4 is 10.2 Å². The fraction of sp³-hybridized carbons (Fsp3) is 0.450. The van der Waals surface area contributed by atoms with Crippen molar-refractivity contribution in [3.05, 3.63) is 36.0 Å². The molecule has 0 aromatic carbocycles. The van der Waals surface area contributed by atoms with Crippen molar-refractivity contribution in [2.24, 2.45) is 0 Å². The monoisotopic (exact) mass is 418 g/mol. The minimum absolute atomic E-state index is 0.122.